The Bertz CT molecular complexity index is 2180. The Morgan fingerprint density at radius 1 is 0.890 bits per heavy atom. The molecule has 30 heteroatoms. The summed E-state index contributed by atoms with van der Waals surface area (Å²) < 4.78 is 40.6. The van der Waals surface area contributed by atoms with E-state index in [-0.39, 0.29) is 15.8 Å². The van der Waals surface area contributed by atoms with Gasteiger partial charge in [0, 0.05) is 51.1 Å². The Kier molecular flexibility index (Phi) is 22.5. The van der Waals surface area contributed by atoms with Gasteiger partial charge in [-0.3, -0.25) is 29.4 Å². The van der Waals surface area contributed by atoms with Crippen molar-refractivity contribution >= 4 is 99.2 Å². The molecule has 0 aromatic rings. The van der Waals surface area contributed by atoms with Crippen molar-refractivity contribution in [1.29, 1.82) is 5.41 Å². The number of carboxylic acid groups (broad SMARTS) is 3. The zero-order chi connectivity index (χ0) is 55.6. The van der Waals surface area contributed by atoms with Gasteiger partial charge < -0.3 is 84.9 Å². The average Bonchev–Trinajstić information content (AvgIpc) is 3.28. The molecule has 3 aliphatic rings. The highest BCUT2D eigenvalue weighted by Gasteiger charge is 2.62. The maximum atomic E-state index is 14.7. The molecule has 73 heavy (non-hydrogen) atoms. The summed E-state index contributed by atoms with van der Waals surface area (Å²) >= 11 is 6.90. The van der Waals surface area contributed by atoms with E-state index in [0.717, 1.165) is 32.5 Å². The molecule has 3 rings (SSSR count). The number of thioether (sulfide) groups is 2. The van der Waals surface area contributed by atoms with Crippen LogP contribution in [0.2, 0.25) is 0 Å². The van der Waals surface area contributed by atoms with Gasteiger partial charge in [0.25, 0.3) is 0 Å². The second-order valence-electron chi connectivity index (χ2n) is 17.5. The number of carboxylic acids is 3. The van der Waals surface area contributed by atoms with Crippen molar-refractivity contribution in [3.8, 4) is 0 Å². The van der Waals surface area contributed by atoms with Gasteiger partial charge in [0.15, 0.2) is 29.4 Å². The Balaban J connectivity index is 2.23. The highest BCUT2D eigenvalue weighted by molar-refractivity contribution is 8.23. The summed E-state index contributed by atoms with van der Waals surface area (Å²) in [7, 11) is 1.20. The highest BCUT2D eigenvalue weighted by atomic mass is 32.2. The van der Waals surface area contributed by atoms with Crippen LogP contribution in [0.1, 0.15) is 68.2 Å². The molecular weight excluding hydrogens is 1040 g/mol. The molecule has 2 saturated heterocycles. The number of aliphatic hydroxyl groups excluding tert-OH is 2. The van der Waals surface area contributed by atoms with Gasteiger partial charge in [0.05, 0.1) is 24.5 Å². The minimum Gasteiger partial charge on any atom is -0.508 e. The van der Waals surface area contributed by atoms with E-state index in [0.29, 0.717) is 11.8 Å². The molecule has 0 aromatic heterocycles. The van der Waals surface area contributed by atoms with E-state index in [1.165, 1.54) is 27.9 Å². The van der Waals surface area contributed by atoms with Crippen LogP contribution in [0.15, 0.2) is 11.3 Å². The summed E-state index contributed by atoms with van der Waals surface area (Å²) in [5.74, 6) is -13.5. The lowest BCUT2D eigenvalue weighted by molar-refractivity contribution is -0.345. The fraction of sp³-hybridized carbons (Fsp3) is 0.698. The second-order valence-corrected chi connectivity index (χ2v) is 20.7. The molecule has 1 aliphatic carbocycles. The molecule has 2 fully saturated rings. The van der Waals surface area contributed by atoms with Crippen molar-refractivity contribution in [1.82, 2.24) is 16.0 Å². The first-order chi connectivity index (χ1) is 33.8. The number of ketones is 1. The number of esters is 3. The van der Waals surface area contributed by atoms with Crippen molar-refractivity contribution in [3.05, 3.63) is 11.3 Å². The lowest BCUT2D eigenvalue weighted by atomic mass is 9.74. The minimum absolute atomic E-state index is 0.269. The number of rotatable bonds is 23. The molecule has 0 aromatic carbocycles. The number of hydrogen-bond acceptors (Lipinski definition) is 24. The summed E-state index contributed by atoms with van der Waals surface area (Å²) in [4.78, 5) is 112. The molecule has 0 bridgehead atoms. The van der Waals surface area contributed by atoms with Crippen molar-refractivity contribution in [2.24, 2.45) is 5.92 Å². The van der Waals surface area contributed by atoms with E-state index in [4.69, 9.17) is 50.8 Å². The topological polar surface area (TPSA) is 420 Å². The Morgan fingerprint density at radius 2 is 1.47 bits per heavy atom. The summed E-state index contributed by atoms with van der Waals surface area (Å²) in [6.07, 6.45) is -18.1. The first kappa shape index (κ1) is 62.2. The van der Waals surface area contributed by atoms with Crippen LogP contribution in [0.3, 0.4) is 0 Å². The number of aliphatic carboxylic acids is 3. The molecule has 0 spiro atoms. The number of ether oxygens (including phenoxy) is 7. The molecule has 2 amide bonds. The van der Waals surface area contributed by atoms with Crippen LogP contribution in [0.4, 0.5) is 0 Å². The zero-order valence-corrected chi connectivity index (χ0v) is 43.5. The third-order valence-electron chi connectivity index (χ3n) is 11.8. The number of Topliss-reactive ketones (excluding diaryl/α,β-unsaturated/α-hetero) is 1. The van der Waals surface area contributed by atoms with E-state index in [9.17, 15) is 78.9 Å². The van der Waals surface area contributed by atoms with Gasteiger partial charge in [0.1, 0.15) is 76.6 Å². The number of nitrogens with one attached hydrogen (secondary N) is 4. The Morgan fingerprint density at radius 3 is 1.97 bits per heavy atom. The maximum Gasteiger partial charge on any atom is 0.341 e. The van der Waals surface area contributed by atoms with Crippen LogP contribution in [-0.4, -0.2) is 214 Å². The largest absolute Gasteiger partial charge is 0.508 e. The van der Waals surface area contributed by atoms with Gasteiger partial charge in [0.2, 0.25) is 11.8 Å². The molecule has 11 N–H and O–H groups in total. The highest BCUT2D eigenvalue weighted by Crippen LogP contribution is 2.42. The molecule has 0 saturated carbocycles. The quantitative estimate of drug-likeness (QED) is 0.0310. The molecule has 15 atom stereocenters. The lowest BCUT2D eigenvalue weighted by Crippen LogP contribution is -2.70. The molecule has 2 aliphatic heterocycles. The molecule has 410 valence electrons. The standard InChI is InChI=1S/C43H62N4O23S3/c1-15(2)39(60)67-18(5)43(63)17(4)66-27(10-26(43)64-9)69-33-31(52)35(42(62)11-24(51)29(44)28(34(42)53)38(58)59)68-25(12-65-21(8)50)32(33)70-40(61)30(16(3)72-13-22(36(54)55)45-19(6)48)47-41(71)73-14-23(37(56)57)46-20(7)49/h15-18,22-23,25-27,30-33,35,44,52-53,62-63H,10-14H2,1-9H3,(H,45,48)(H,46,49)(H,47,71)(H,54,55)(H,56,57)(H,58,59)/t16?,17-,18-,22-,23-,25+,26-,27-,30?,31+,32+,33-,35+,42+,43-/m0/s1. The Labute approximate surface area is 431 Å². The van der Waals surface area contributed by atoms with Gasteiger partial charge >= 0.3 is 35.8 Å². The zero-order valence-electron chi connectivity index (χ0n) is 41.0. The van der Waals surface area contributed by atoms with Crippen molar-refractivity contribution in [3.63, 3.8) is 0 Å². The number of methoxy groups -OCH3 is 1. The number of hydrogen-bond donors (Lipinski definition) is 11. The normalized spacial score (nSPS) is 29.4. The predicted octanol–water partition coefficient (Wildman–Crippen LogP) is -1.66. The molecular formula is C43H62N4O23S3. The Hall–Kier alpha value is -5.05. The number of aliphatic hydroxyl groups is 4. The summed E-state index contributed by atoms with van der Waals surface area (Å²) in [5.41, 5.74) is -7.85. The predicted molar refractivity (Wildman–Crippen MR) is 255 cm³/mol. The molecule has 2 unspecified atom stereocenters. The van der Waals surface area contributed by atoms with Crippen LogP contribution in [0, 0.1) is 11.3 Å². The van der Waals surface area contributed by atoms with E-state index in [1.807, 2.05) is 0 Å². The van der Waals surface area contributed by atoms with Gasteiger partial charge in [-0.25, -0.2) is 19.2 Å². The van der Waals surface area contributed by atoms with Gasteiger partial charge in [-0.1, -0.05) is 44.8 Å². The van der Waals surface area contributed by atoms with Crippen LogP contribution in [0.5, 0.6) is 0 Å². The first-order valence-electron chi connectivity index (χ1n) is 22.3. The summed E-state index contributed by atoms with van der Waals surface area (Å²) in [5, 5.41) is 91.2. The monoisotopic (exact) mass is 1100 g/mol. The fourth-order valence-corrected chi connectivity index (χ4v) is 10.1. The van der Waals surface area contributed by atoms with Gasteiger partial charge in [-0.05, 0) is 13.8 Å². The maximum absolute atomic E-state index is 14.7. The first-order valence-corrected chi connectivity index (χ1v) is 24.8. The third-order valence-corrected chi connectivity index (χ3v) is 14.5. The smallest absolute Gasteiger partial charge is 0.341 e. The number of carbonyl (C=O) groups excluding carboxylic acids is 6. The lowest BCUT2D eigenvalue weighted by Gasteiger charge is -2.52. The molecule has 2 heterocycles. The fourth-order valence-electron chi connectivity index (χ4n) is 7.94. The van der Waals surface area contributed by atoms with Crippen LogP contribution in [-0.2, 0) is 76.3 Å². The van der Waals surface area contributed by atoms with E-state index < -0.39 is 186 Å². The van der Waals surface area contributed by atoms with E-state index in [1.54, 1.807) is 13.8 Å². The number of thiocarbonyl (C=S) groups is 1. The molecule has 0 radical (unpaired) electrons. The van der Waals surface area contributed by atoms with E-state index >= 15 is 0 Å². The third kappa shape index (κ3) is 15.5. The SMILES string of the molecule is CO[C@H]1C[C@H](O[C@H]2[C@@H](O)[C@H]([C@@]3(O)CC(=O)C(=N)C(C(=O)O)=C3O)O[C@H](COC(C)=O)[C@H]2OC(=O)C(NC(=S)SC[C@H](NC(C)=O)C(=O)O)C(C)SC[C@H](NC(C)=O)C(=O)O)O[C@@H](C)[C@]1(O)[C@H](C)OC(=O)C(C)C. The van der Waals surface area contributed by atoms with Gasteiger partial charge in [-0.15, -0.1) is 0 Å². The minimum atomic E-state index is -3.19. The van der Waals surface area contributed by atoms with Crippen molar-refractivity contribution < 1.29 is 112 Å². The van der Waals surface area contributed by atoms with Crippen molar-refractivity contribution in [2.45, 2.75) is 158 Å². The second kappa shape index (κ2) is 26.4. The van der Waals surface area contributed by atoms with Gasteiger partial charge in [-0.2, -0.15) is 11.8 Å². The summed E-state index contributed by atoms with van der Waals surface area (Å²) in [6, 6.07) is -4.65. The number of carbonyl (C=O) groups is 9. The molecule has 27 nitrogen and oxygen atoms in total. The van der Waals surface area contributed by atoms with Crippen LogP contribution >= 0.6 is 35.7 Å². The van der Waals surface area contributed by atoms with Crippen LogP contribution in [0.25, 0.3) is 0 Å². The van der Waals surface area contributed by atoms with Crippen LogP contribution < -0.4 is 16.0 Å². The van der Waals surface area contributed by atoms with Crippen molar-refractivity contribution in [2.75, 3.05) is 25.2 Å². The summed E-state index contributed by atoms with van der Waals surface area (Å²) in [6.45, 7) is 9.44. The average molecular weight is 1100 g/mol. The van der Waals surface area contributed by atoms with E-state index in [2.05, 4.69) is 16.0 Å². The number of amides is 2.